The molecule has 2 saturated carbocycles. The van der Waals surface area contributed by atoms with Crippen molar-refractivity contribution in [1.29, 1.82) is 0 Å². The summed E-state index contributed by atoms with van der Waals surface area (Å²) in [6.07, 6.45) is 2.63. The van der Waals surface area contributed by atoms with Crippen molar-refractivity contribution < 1.29 is 0 Å². The van der Waals surface area contributed by atoms with E-state index in [0.717, 1.165) is 11.8 Å². The Hall–Kier alpha value is -1.56. The SMILES string of the molecule is [CH2][C@H]1C[C@@H]1[C@H]1CC1(c1ccccc1)c1ccccc1. The molecule has 4 rings (SSSR count). The van der Waals surface area contributed by atoms with E-state index in [9.17, 15) is 0 Å². The van der Waals surface area contributed by atoms with Gasteiger partial charge in [-0.1, -0.05) is 60.7 Å². The van der Waals surface area contributed by atoms with E-state index in [1.165, 1.54) is 24.0 Å². The molecule has 0 aliphatic heterocycles. The summed E-state index contributed by atoms with van der Waals surface area (Å²) in [5, 5.41) is 0. The molecule has 0 amide bonds. The normalized spacial score (nSPS) is 30.9. The first-order chi connectivity index (χ1) is 9.32. The van der Waals surface area contributed by atoms with Crippen LogP contribution in [0.1, 0.15) is 24.0 Å². The van der Waals surface area contributed by atoms with Gasteiger partial charge in [0, 0.05) is 5.41 Å². The molecule has 3 atom stereocenters. The van der Waals surface area contributed by atoms with Crippen LogP contribution in [0.5, 0.6) is 0 Å². The monoisotopic (exact) mass is 247 g/mol. The van der Waals surface area contributed by atoms with Crippen LogP contribution in [0.4, 0.5) is 0 Å². The minimum atomic E-state index is 0.277. The molecule has 1 radical (unpaired) electrons. The highest BCUT2D eigenvalue weighted by Crippen LogP contribution is 2.68. The second-order valence-corrected chi connectivity index (χ2v) is 6.17. The number of rotatable bonds is 3. The van der Waals surface area contributed by atoms with Crippen LogP contribution in [0.25, 0.3) is 0 Å². The Morgan fingerprint density at radius 2 is 1.32 bits per heavy atom. The highest BCUT2D eigenvalue weighted by molar-refractivity contribution is 5.48. The van der Waals surface area contributed by atoms with Crippen molar-refractivity contribution in [2.75, 3.05) is 0 Å². The molecule has 0 aromatic heterocycles. The Kier molecular flexibility index (Phi) is 2.35. The van der Waals surface area contributed by atoms with Crippen LogP contribution in [-0.4, -0.2) is 0 Å². The lowest BCUT2D eigenvalue weighted by atomic mass is 9.84. The molecule has 0 bridgehead atoms. The zero-order valence-corrected chi connectivity index (χ0v) is 11.1. The fourth-order valence-electron chi connectivity index (χ4n) is 3.87. The third-order valence-electron chi connectivity index (χ3n) is 5.09. The van der Waals surface area contributed by atoms with Gasteiger partial charge < -0.3 is 0 Å². The van der Waals surface area contributed by atoms with E-state index < -0.39 is 0 Å². The summed E-state index contributed by atoms with van der Waals surface area (Å²) in [6, 6.07) is 22.1. The summed E-state index contributed by atoms with van der Waals surface area (Å²) in [5.74, 6) is 2.35. The van der Waals surface area contributed by atoms with Crippen LogP contribution in [0.3, 0.4) is 0 Å². The summed E-state index contributed by atoms with van der Waals surface area (Å²) < 4.78 is 0. The first-order valence-electron chi connectivity index (χ1n) is 7.26. The van der Waals surface area contributed by atoms with Crippen molar-refractivity contribution in [1.82, 2.24) is 0 Å². The third kappa shape index (κ3) is 1.66. The number of hydrogen-bond acceptors (Lipinski definition) is 0. The quantitative estimate of drug-likeness (QED) is 0.751. The fourth-order valence-corrected chi connectivity index (χ4v) is 3.87. The molecule has 2 fully saturated rings. The van der Waals surface area contributed by atoms with Crippen LogP contribution in [-0.2, 0) is 5.41 Å². The third-order valence-corrected chi connectivity index (χ3v) is 5.09. The topological polar surface area (TPSA) is 0 Å². The lowest BCUT2D eigenvalue weighted by molar-refractivity contribution is 0.600. The molecule has 0 spiro atoms. The van der Waals surface area contributed by atoms with Gasteiger partial charge >= 0.3 is 0 Å². The smallest absolute Gasteiger partial charge is 0.0237 e. The molecule has 0 heterocycles. The van der Waals surface area contributed by atoms with Crippen LogP contribution in [0.15, 0.2) is 60.7 Å². The summed E-state index contributed by atoms with van der Waals surface area (Å²) >= 11 is 0. The highest BCUT2D eigenvalue weighted by atomic mass is 14.7. The molecular weight excluding hydrogens is 228 g/mol. The van der Waals surface area contributed by atoms with Crippen molar-refractivity contribution >= 4 is 0 Å². The second kappa shape index (κ2) is 3.96. The molecule has 0 N–H and O–H groups in total. The van der Waals surface area contributed by atoms with Crippen molar-refractivity contribution in [2.24, 2.45) is 17.8 Å². The maximum absolute atomic E-state index is 4.25. The average molecular weight is 247 g/mol. The van der Waals surface area contributed by atoms with E-state index in [1.807, 2.05) is 0 Å². The molecule has 2 aromatic rings. The van der Waals surface area contributed by atoms with Crippen LogP contribution >= 0.6 is 0 Å². The summed E-state index contributed by atoms with van der Waals surface area (Å²) in [6.45, 7) is 4.25. The van der Waals surface area contributed by atoms with Crippen LogP contribution in [0.2, 0.25) is 0 Å². The first kappa shape index (κ1) is 11.3. The van der Waals surface area contributed by atoms with E-state index in [2.05, 4.69) is 67.6 Å². The predicted octanol–water partition coefficient (Wildman–Crippen LogP) is 4.46. The van der Waals surface area contributed by atoms with Gasteiger partial charge in [-0.15, -0.1) is 0 Å². The van der Waals surface area contributed by atoms with Gasteiger partial charge in [-0.25, -0.2) is 0 Å². The van der Waals surface area contributed by atoms with E-state index in [0.29, 0.717) is 5.92 Å². The Morgan fingerprint density at radius 1 is 0.842 bits per heavy atom. The van der Waals surface area contributed by atoms with Gasteiger partial charge in [-0.2, -0.15) is 0 Å². The molecular formula is C19H19. The minimum Gasteiger partial charge on any atom is -0.0622 e. The number of benzene rings is 2. The maximum atomic E-state index is 4.25. The van der Waals surface area contributed by atoms with E-state index in [1.54, 1.807) is 0 Å². The van der Waals surface area contributed by atoms with E-state index >= 15 is 0 Å². The van der Waals surface area contributed by atoms with Crippen LogP contribution < -0.4 is 0 Å². The Bertz CT molecular complexity index is 530. The van der Waals surface area contributed by atoms with Gasteiger partial charge in [0.05, 0.1) is 0 Å². The molecule has 0 nitrogen and oxygen atoms in total. The fraction of sp³-hybridized carbons (Fsp3) is 0.316. The van der Waals surface area contributed by atoms with Gasteiger partial charge in [-0.3, -0.25) is 0 Å². The van der Waals surface area contributed by atoms with E-state index in [-0.39, 0.29) is 5.41 Å². The van der Waals surface area contributed by atoms with Gasteiger partial charge in [0.1, 0.15) is 0 Å². The first-order valence-corrected chi connectivity index (χ1v) is 7.26. The zero-order chi connectivity index (χ0) is 12.9. The molecule has 2 aromatic carbocycles. The Morgan fingerprint density at radius 3 is 1.74 bits per heavy atom. The average Bonchev–Trinajstić information content (AvgIpc) is 3.36. The number of hydrogen-bond donors (Lipinski definition) is 0. The molecule has 0 unspecified atom stereocenters. The second-order valence-electron chi connectivity index (χ2n) is 6.17. The Balaban J connectivity index is 1.78. The molecule has 0 heteroatoms. The van der Waals surface area contributed by atoms with E-state index in [4.69, 9.17) is 0 Å². The zero-order valence-electron chi connectivity index (χ0n) is 11.1. The van der Waals surface area contributed by atoms with Crippen LogP contribution in [0, 0.1) is 24.7 Å². The minimum absolute atomic E-state index is 0.277. The molecule has 2 aliphatic rings. The predicted molar refractivity (Wildman–Crippen MR) is 78.7 cm³/mol. The summed E-state index contributed by atoms with van der Waals surface area (Å²) in [7, 11) is 0. The van der Waals surface area contributed by atoms with Gasteiger partial charge in [0.2, 0.25) is 0 Å². The largest absolute Gasteiger partial charge is 0.0622 e. The molecule has 2 aliphatic carbocycles. The van der Waals surface area contributed by atoms with Crippen molar-refractivity contribution in [2.45, 2.75) is 18.3 Å². The van der Waals surface area contributed by atoms with Gasteiger partial charge in [0.15, 0.2) is 0 Å². The highest BCUT2D eigenvalue weighted by Gasteiger charge is 2.63. The van der Waals surface area contributed by atoms with Crippen molar-refractivity contribution in [3.8, 4) is 0 Å². The molecule has 19 heavy (non-hydrogen) atoms. The standard InChI is InChI=1S/C19H19/c1-14-12-17(14)18-13-19(18,15-8-4-2-5-9-15)16-10-6-3-7-11-16/h2-11,14,17-18H,1,12-13H2/t14-,17-,18+/m0/s1. The van der Waals surface area contributed by atoms with Crippen molar-refractivity contribution in [3.63, 3.8) is 0 Å². The lowest BCUT2D eigenvalue weighted by Gasteiger charge is -2.19. The summed E-state index contributed by atoms with van der Waals surface area (Å²) in [4.78, 5) is 0. The molecule has 95 valence electrons. The van der Waals surface area contributed by atoms with Gasteiger partial charge in [0.25, 0.3) is 0 Å². The lowest BCUT2D eigenvalue weighted by Crippen LogP contribution is -2.13. The van der Waals surface area contributed by atoms with Gasteiger partial charge in [-0.05, 0) is 48.6 Å². The summed E-state index contributed by atoms with van der Waals surface area (Å²) in [5.41, 5.74) is 3.26. The molecule has 0 saturated heterocycles. The maximum Gasteiger partial charge on any atom is 0.0237 e. The van der Waals surface area contributed by atoms with Crippen molar-refractivity contribution in [3.05, 3.63) is 78.7 Å². The Labute approximate surface area is 115 Å².